The average Bonchev–Trinajstić information content (AvgIpc) is 2.73. The van der Waals surface area contributed by atoms with E-state index in [0.717, 1.165) is 11.6 Å². The minimum Gasteiger partial charge on any atom is -0.261 e. The third-order valence-corrected chi connectivity index (χ3v) is 6.45. The van der Waals surface area contributed by atoms with Gasteiger partial charge in [-0.25, -0.2) is 0 Å². The van der Waals surface area contributed by atoms with Crippen LogP contribution < -0.4 is 0 Å². The Labute approximate surface area is 183 Å². The van der Waals surface area contributed by atoms with E-state index < -0.39 is 0 Å². The molecule has 29 heavy (non-hydrogen) atoms. The monoisotopic (exact) mass is 401 g/mol. The van der Waals surface area contributed by atoms with E-state index >= 15 is 0 Å². The van der Waals surface area contributed by atoms with Crippen LogP contribution >= 0.6 is 0 Å². The predicted octanol–water partition coefficient (Wildman–Crippen LogP) is 9.93. The van der Waals surface area contributed by atoms with Crippen molar-refractivity contribution in [2.75, 3.05) is 0 Å². The molecule has 0 fully saturated rings. The Bertz CT molecular complexity index is 450. The van der Waals surface area contributed by atoms with Crippen LogP contribution in [-0.2, 0) is 0 Å². The van der Waals surface area contributed by atoms with Gasteiger partial charge in [0.25, 0.3) is 0 Å². The molecule has 1 heteroatoms. The zero-order valence-electron chi connectivity index (χ0n) is 20.2. The van der Waals surface area contributed by atoms with Crippen molar-refractivity contribution in [2.45, 2.75) is 149 Å². The third kappa shape index (κ3) is 14.7. The molecule has 1 unspecified atom stereocenters. The molecule has 1 heterocycles. The van der Waals surface area contributed by atoms with E-state index in [4.69, 9.17) is 0 Å². The van der Waals surface area contributed by atoms with E-state index in [9.17, 15) is 0 Å². The third-order valence-electron chi connectivity index (χ3n) is 6.45. The number of aromatic nitrogens is 1. The molecule has 0 saturated carbocycles. The van der Waals surface area contributed by atoms with Crippen molar-refractivity contribution in [2.24, 2.45) is 0 Å². The van der Waals surface area contributed by atoms with Crippen molar-refractivity contribution in [1.82, 2.24) is 4.98 Å². The number of pyridine rings is 1. The van der Waals surface area contributed by atoms with Crippen LogP contribution in [0.1, 0.15) is 153 Å². The van der Waals surface area contributed by atoms with Crippen LogP contribution in [0.3, 0.4) is 0 Å². The fourth-order valence-electron chi connectivity index (χ4n) is 4.49. The Kier molecular flexibility index (Phi) is 17.3. The van der Waals surface area contributed by atoms with Crippen molar-refractivity contribution in [3.05, 3.63) is 29.6 Å². The molecule has 0 aromatic carbocycles. The van der Waals surface area contributed by atoms with E-state index in [-0.39, 0.29) is 0 Å². The van der Waals surface area contributed by atoms with E-state index in [1.54, 1.807) is 0 Å². The van der Waals surface area contributed by atoms with Crippen molar-refractivity contribution in [3.8, 4) is 0 Å². The van der Waals surface area contributed by atoms with Gasteiger partial charge in [-0.1, -0.05) is 129 Å². The second-order valence-electron chi connectivity index (χ2n) is 9.31. The maximum Gasteiger partial charge on any atom is 0.0372 e. The summed E-state index contributed by atoms with van der Waals surface area (Å²) in [6.07, 6.45) is 29.2. The highest BCUT2D eigenvalue weighted by molar-refractivity contribution is 5.17. The summed E-state index contributed by atoms with van der Waals surface area (Å²) in [6, 6.07) is 4.47. The van der Waals surface area contributed by atoms with Crippen molar-refractivity contribution in [3.63, 3.8) is 0 Å². The molecule has 0 bridgehead atoms. The normalized spacial score (nSPS) is 12.4. The highest BCUT2D eigenvalue weighted by Crippen LogP contribution is 2.27. The van der Waals surface area contributed by atoms with Crippen molar-refractivity contribution in [1.29, 1.82) is 0 Å². The van der Waals surface area contributed by atoms with Crippen LogP contribution in [0, 0.1) is 6.92 Å². The number of hydrogen-bond acceptors (Lipinski definition) is 1. The quantitative estimate of drug-likeness (QED) is 0.198. The SMILES string of the molecule is CCCCCCCCCCCCCCCCCCC(CCC)c1ccc(C)nc1. The van der Waals surface area contributed by atoms with E-state index in [0.29, 0.717) is 0 Å². The van der Waals surface area contributed by atoms with Gasteiger partial charge in [0, 0.05) is 11.9 Å². The van der Waals surface area contributed by atoms with Gasteiger partial charge in [0.1, 0.15) is 0 Å². The summed E-state index contributed by atoms with van der Waals surface area (Å²) >= 11 is 0. The van der Waals surface area contributed by atoms with Crippen LogP contribution in [0.15, 0.2) is 18.3 Å². The van der Waals surface area contributed by atoms with Gasteiger partial charge in [0.2, 0.25) is 0 Å². The Morgan fingerprint density at radius 1 is 0.586 bits per heavy atom. The lowest BCUT2D eigenvalue weighted by molar-refractivity contribution is 0.501. The highest BCUT2D eigenvalue weighted by Gasteiger charge is 2.10. The summed E-state index contributed by atoms with van der Waals surface area (Å²) in [5.41, 5.74) is 2.59. The molecule has 0 radical (unpaired) electrons. The van der Waals surface area contributed by atoms with Crippen LogP contribution in [0.2, 0.25) is 0 Å². The second kappa shape index (κ2) is 19.1. The standard InChI is InChI=1S/C28H51N/c1-4-6-7-8-9-10-11-12-13-14-15-16-17-18-19-20-22-27(21-5-2)28-24-23-26(3)29-25-28/h23-25,27H,4-22H2,1-3H3. The van der Waals surface area contributed by atoms with E-state index in [2.05, 4.69) is 44.1 Å². The first-order valence-electron chi connectivity index (χ1n) is 13.2. The largest absolute Gasteiger partial charge is 0.261 e. The minimum absolute atomic E-state index is 0.722. The highest BCUT2D eigenvalue weighted by atomic mass is 14.7. The molecule has 1 atom stereocenters. The van der Waals surface area contributed by atoms with Gasteiger partial charge >= 0.3 is 0 Å². The van der Waals surface area contributed by atoms with Crippen molar-refractivity contribution >= 4 is 0 Å². The van der Waals surface area contributed by atoms with Crippen LogP contribution in [0.5, 0.6) is 0 Å². The van der Waals surface area contributed by atoms with Gasteiger partial charge in [-0.3, -0.25) is 4.98 Å². The molecule has 1 aromatic heterocycles. The number of unbranched alkanes of at least 4 members (excludes halogenated alkanes) is 15. The van der Waals surface area contributed by atoms with Gasteiger partial charge < -0.3 is 0 Å². The van der Waals surface area contributed by atoms with Gasteiger partial charge in [0.05, 0.1) is 0 Å². The summed E-state index contributed by atoms with van der Waals surface area (Å²) in [5, 5.41) is 0. The number of rotatable bonds is 20. The first-order valence-corrected chi connectivity index (χ1v) is 13.2. The zero-order valence-corrected chi connectivity index (χ0v) is 20.2. The lowest BCUT2D eigenvalue weighted by Gasteiger charge is -2.16. The van der Waals surface area contributed by atoms with Crippen molar-refractivity contribution < 1.29 is 0 Å². The van der Waals surface area contributed by atoms with Crippen LogP contribution in [0.25, 0.3) is 0 Å². The number of hydrogen-bond donors (Lipinski definition) is 0. The van der Waals surface area contributed by atoms with E-state index in [1.165, 1.54) is 128 Å². The fraction of sp³-hybridized carbons (Fsp3) is 0.821. The maximum atomic E-state index is 4.51. The lowest BCUT2D eigenvalue weighted by Crippen LogP contribution is -2.00. The maximum absolute atomic E-state index is 4.51. The minimum atomic E-state index is 0.722. The number of nitrogens with zero attached hydrogens (tertiary/aromatic N) is 1. The summed E-state index contributed by atoms with van der Waals surface area (Å²) in [4.78, 5) is 4.51. The van der Waals surface area contributed by atoms with Crippen LogP contribution in [-0.4, -0.2) is 4.98 Å². The predicted molar refractivity (Wildman–Crippen MR) is 131 cm³/mol. The topological polar surface area (TPSA) is 12.9 Å². The molecule has 168 valence electrons. The van der Waals surface area contributed by atoms with Gasteiger partial charge in [0.15, 0.2) is 0 Å². The summed E-state index contributed by atoms with van der Waals surface area (Å²) < 4.78 is 0. The second-order valence-corrected chi connectivity index (χ2v) is 9.31. The Morgan fingerprint density at radius 3 is 1.48 bits per heavy atom. The van der Waals surface area contributed by atoms with E-state index in [1.807, 2.05) is 0 Å². The molecular weight excluding hydrogens is 350 g/mol. The van der Waals surface area contributed by atoms with Crippen LogP contribution in [0.4, 0.5) is 0 Å². The lowest BCUT2D eigenvalue weighted by atomic mass is 9.90. The average molecular weight is 402 g/mol. The zero-order chi connectivity index (χ0) is 21.0. The summed E-state index contributed by atoms with van der Waals surface area (Å²) in [5.74, 6) is 0.722. The Hall–Kier alpha value is -0.850. The summed E-state index contributed by atoms with van der Waals surface area (Å²) in [7, 11) is 0. The van der Waals surface area contributed by atoms with Gasteiger partial charge in [-0.05, 0) is 37.3 Å². The smallest absolute Gasteiger partial charge is 0.0372 e. The molecule has 0 aliphatic rings. The fourth-order valence-corrected chi connectivity index (χ4v) is 4.49. The Morgan fingerprint density at radius 2 is 1.07 bits per heavy atom. The molecule has 0 aliphatic heterocycles. The Balaban J connectivity index is 1.90. The molecule has 0 aliphatic carbocycles. The molecule has 1 aromatic rings. The molecule has 0 spiro atoms. The summed E-state index contributed by atoms with van der Waals surface area (Å²) in [6.45, 7) is 6.68. The first kappa shape index (κ1) is 26.2. The molecular formula is C28H51N. The van der Waals surface area contributed by atoms with Gasteiger partial charge in [-0.15, -0.1) is 0 Å². The number of aryl methyl sites for hydroxylation is 1. The molecule has 1 rings (SSSR count). The molecule has 0 amide bonds. The van der Waals surface area contributed by atoms with Gasteiger partial charge in [-0.2, -0.15) is 0 Å². The molecule has 0 N–H and O–H groups in total. The molecule has 1 nitrogen and oxygen atoms in total. The first-order chi connectivity index (χ1) is 14.3. The molecule has 0 saturated heterocycles.